The molecule has 4 rings (SSSR count). The average Bonchev–Trinajstić information content (AvgIpc) is 3.30. The van der Waals surface area contributed by atoms with Gasteiger partial charge in [0.25, 0.3) is 0 Å². The van der Waals surface area contributed by atoms with Crippen LogP contribution in [0.4, 0.5) is 19.0 Å². The summed E-state index contributed by atoms with van der Waals surface area (Å²) in [4.78, 5) is 7.33. The van der Waals surface area contributed by atoms with E-state index in [-0.39, 0.29) is 29.2 Å². The van der Waals surface area contributed by atoms with Gasteiger partial charge in [-0.05, 0) is 32.1 Å². The number of hydrogen-bond donors (Lipinski definition) is 1. The third kappa shape index (κ3) is 4.13. The second kappa shape index (κ2) is 7.55. The summed E-state index contributed by atoms with van der Waals surface area (Å²) in [5, 5.41) is 10.9. The van der Waals surface area contributed by atoms with Gasteiger partial charge in [0.1, 0.15) is 0 Å². The molecule has 0 aliphatic carbocycles. The Morgan fingerprint density at radius 2 is 1.81 bits per heavy atom. The fourth-order valence-electron chi connectivity index (χ4n) is 3.39. The molecule has 4 heterocycles. The van der Waals surface area contributed by atoms with E-state index in [1.165, 1.54) is 4.68 Å². The lowest BCUT2D eigenvalue weighted by atomic mass is 10.1. The van der Waals surface area contributed by atoms with Crippen molar-refractivity contribution in [2.75, 3.05) is 25.1 Å². The van der Waals surface area contributed by atoms with E-state index < -0.39 is 12.0 Å². The molecule has 2 atom stereocenters. The maximum atomic E-state index is 13.3. The minimum Gasteiger partial charge on any atom is -0.376 e. The van der Waals surface area contributed by atoms with E-state index in [9.17, 15) is 13.2 Å². The van der Waals surface area contributed by atoms with E-state index in [0.29, 0.717) is 26.3 Å². The van der Waals surface area contributed by atoms with E-state index >= 15 is 0 Å². The van der Waals surface area contributed by atoms with Crippen LogP contribution in [0, 0.1) is 0 Å². The number of nitrogens with one attached hydrogen (secondary N) is 1. The van der Waals surface area contributed by atoms with Crippen molar-refractivity contribution in [3.05, 3.63) is 5.82 Å². The number of ether oxygens (including phenoxy) is 2. The molecule has 0 bridgehead atoms. The second-order valence-electron chi connectivity index (χ2n) is 6.84. The molecule has 1 N–H and O–H groups in total. The van der Waals surface area contributed by atoms with Gasteiger partial charge >= 0.3 is 6.18 Å². The molecule has 2 unspecified atom stereocenters. The second-order valence-corrected chi connectivity index (χ2v) is 6.84. The fourth-order valence-corrected chi connectivity index (χ4v) is 3.39. The van der Waals surface area contributed by atoms with Crippen molar-refractivity contribution in [1.82, 2.24) is 25.0 Å². The highest BCUT2D eigenvalue weighted by Gasteiger charge is 2.36. The maximum absolute atomic E-state index is 13.3. The molecule has 2 saturated heterocycles. The minimum atomic E-state index is -4.66. The summed E-state index contributed by atoms with van der Waals surface area (Å²) in [6.45, 7) is 1.99. The summed E-state index contributed by atoms with van der Waals surface area (Å²) in [7, 11) is 0. The Kier molecular flexibility index (Phi) is 5.13. The van der Waals surface area contributed by atoms with Crippen LogP contribution in [0.2, 0.25) is 0 Å². The molecule has 2 fully saturated rings. The molecule has 0 amide bonds. The van der Waals surface area contributed by atoms with Gasteiger partial charge in [-0.2, -0.15) is 13.2 Å². The van der Waals surface area contributed by atoms with Crippen molar-refractivity contribution in [2.45, 2.75) is 57.0 Å². The van der Waals surface area contributed by atoms with Crippen molar-refractivity contribution >= 4 is 17.0 Å². The van der Waals surface area contributed by atoms with Crippen LogP contribution in [0.25, 0.3) is 11.2 Å². The molecule has 2 aromatic rings. The number of fused-ring (bicyclic) bond motifs is 1. The van der Waals surface area contributed by atoms with Crippen molar-refractivity contribution in [3.63, 3.8) is 0 Å². The van der Waals surface area contributed by atoms with Gasteiger partial charge in [-0.15, -0.1) is 5.10 Å². The number of anilines is 1. The van der Waals surface area contributed by atoms with Crippen molar-refractivity contribution < 1.29 is 22.6 Å². The number of halogens is 3. The summed E-state index contributed by atoms with van der Waals surface area (Å²) in [5.74, 6) is -1.18. The quantitative estimate of drug-likeness (QED) is 0.844. The summed E-state index contributed by atoms with van der Waals surface area (Å²) < 4.78 is 52.4. The summed E-state index contributed by atoms with van der Waals surface area (Å²) in [6, 6.07) is 0. The first-order chi connectivity index (χ1) is 13.0. The highest BCUT2D eigenvalue weighted by molar-refractivity contribution is 5.82. The predicted molar refractivity (Wildman–Crippen MR) is 89.2 cm³/mol. The minimum absolute atomic E-state index is 0.0265. The average molecular weight is 386 g/mol. The SMILES string of the molecule is FC(F)(F)c1nc(NCC2CCCO2)c2nnn(CC3CCCCO3)c2n1. The van der Waals surface area contributed by atoms with Gasteiger partial charge in [0.2, 0.25) is 5.82 Å². The van der Waals surface area contributed by atoms with Gasteiger partial charge in [0, 0.05) is 19.8 Å². The number of nitrogens with zero attached hydrogens (tertiary/aromatic N) is 5. The summed E-state index contributed by atoms with van der Waals surface area (Å²) >= 11 is 0. The number of rotatable bonds is 5. The van der Waals surface area contributed by atoms with E-state index in [2.05, 4.69) is 25.6 Å². The Labute approximate surface area is 153 Å². The lowest BCUT2D eigenvalue weighted by molar-refractivity contribution is -0.144. The van der Waals surface area contributed by atoms with Crippen LogP contribution in [-0.2, 0) is 22.2 Å². The topological polar surface area (TPSA) is 87.0 Å². The van der Waals surface area contributed by atoms with Crippen LogP contribution in [-0.4, -0.2) is 56.9 Å². The monoisotopic (exact) mass is 386 g/mol. The molecule has 0 spiro atoms. The predicted octanol–water partition coefficient (Wildman–Crippen LogP) is 2.40. The van der Waals surface area contributed by atoms with Crippen LogP contribution in [0.5, 0.6) is 0 Å². The molecular weight excluding hydrogens is 365 g/mol. The number of aromatic nitrogens is 5. The lowest BCUT2D eigenvalue weighted by Gasteiger charge is -2.22. The first-order valence-corrected chi connectivity index (χ1v) is 9.16. The summed E-state index contributed by atoms with van der Waals surface area (Å²) in [6.07, 6.45) is -0.157. The van der Waals surface area contributed by atoms with Crippen LogP contribution >= 0.6 is 0 Å². The molecule has 8 nitrogen and oxygen atoms in total. The van der Waals surface area contributed by atoms with Crippen molar-refractivity contribution in [2.24, 2.45) is 0 Å². The molecule has 2 aliphatic heterocycles. The van der Waals surface area contributed by atoms with E-state index in [1.54, 1.807) is 0 Å². The molecule has 0 radical (unpaired) electrons. The first-order valence-electron chi connectivity index (χ1n) is 9.16. The zero-order valence-corrected chi connectivity index (χ0v) is 14.7. The Morgan fingerprint density at radius 1 is 1.04 bits per heavy atom. The van der Waals surface area contributed by atoms with E-state index in [0.717, 1.165) is 32.1 Å². The molecule has 11 heteroatoms. The molecule has 2 aliphatic rings. The Bertz CT molecular complexity index is 784. The largest absolute Gasteiger partial charge is 0.451 e. The van der Waals surface area contributed by atoms with E-state index in [4.69, 9.17) is 9.47 Å². The zero-order chi connectivity index (χ0) is 18.9. The van der Waals surface area contributed by atoms with Crippen LogP contribution in [0.3, 0.4) is 0 Å². The molecule has 0 aromatic carbocycles. The summed E-state index contributed by atoms with van der Waals surface area (Å²) in [5.41, 5.74) is 0.276. The number of hydrogen-bond acceptors (Lipinski definition) is 7. The van der Waals surface area contributed by atoms with Crippen LogP contribution in [0.15, 0.2) is 0 Å². The zero-order valence-electron chi connectivity index (χ0n) is 14.7. The van der Waals surface area contributed by atoms with Crippen LogP contribution in [0.1, 0.15) is 37.9 Å². The number of alkyl halides is 3. The third-order valence-corrected chi connectivity index (χ3v) is 4.79. The molecular formula is C16H21F3N6O2. The normalized spacial score (nSPS) is 23.8. The van der Waals surface area contributed by atoms with Gasteiger partial charge in [-0.1, -0.05) is 5.21 Å². The highest BCUT2D eigenvalue weighted by Crippen LogP contribution is 2.30. The van der Waals surface area contributed by atoms with Crippen LogP contribution < -0.4 is 5.32 Å². The first kappa shape index (κ1) is 18.4. The molecule has 2 aromatic heterocycles. The Balaban J connectivity index is 1.63. The highest BCUT2D eigenvalue weighted by atomic mass is 19.4. The smallest absolute Gasteiger partial charge is 0.376 e. The van der Waals surface area contributed by atoms with Gasteiger partial charge in [0.05, 0.1) is 18.8 Å². The Morgan fingerprint density at radius 3 is 2.52 bits per heavy atom. The molecule has 27 heavy (non-hydrogen) atoms. The Hall–Kier alpha value is -2.01. The third-order valence-electron chi connectivity index (χ3n) is 4.79. The van der Waals surface area contributed by atoms with Gasteiger partial charge < -0.3 is 14.8 Å². The lowest BCUT2D eigenvalue weighted by Crippen LogP contribution is -2.25. The standard InChI is InChI=1S/C16H21F3N6O2/c17-16(18,19)15-21-13(20-8-10-5-3-7-26-10)12-14(22-15)25(24-23-12)9-11-4-1-2-6-27-11/h10-11H,1-9H2,(H,20,21,22). The molecule has 0 saturated carbocycles. The van der Waals surface area contributed by atoms with Crippen molar-refractivity contribution in [1.29, 1.82) is 0 Å². The van der Waals surface area contributed by atoms with E-state index in [1.807, 2.05) is 0 Å². The maximum Gasteiger partial charge on any atom is 0.451 e. The van der Waals surface area contributed by atoms with Gasteiger partial charge in [-0.25, -0.2) is 14.6 Å². The van der Waals surface area contributed by atoms with Crippen molar-refractivity contribution in [3.8, 4) is 0 Å². The molecule has 148 valence electrons. The van der Waals surface area contributed by atoms with Gasteiger partial charge in [-0.3, -0.25) is 0 Å². The van der Waals surface area contributed by atoms with Gasteiger partial charge in [0.15, 0.2) is 17.0 Å². The fraction of sp³-hybridized carbons (Fsp3) is 0.750.